The molecule has 0 radical (unpaired) electrons. The minimum absolute atomic E-state index is 0.363. The van der Waals surface area contributed by atoms with E-state index in [9.17, 15) is 0 Å². The number of nitrogens with zero attached hydrogens (tertiary/aromatic N) is 1. The van der Waals surface area contributed by atoms with Crippen LogP contribution >= 0.6 is 11.9 Å². The van der Waals surface area contributed by atoms with Crippen LogP contribution in [-0.4, -0.2) is 5.71 Å². The van der Waals surface area contributed by atoms with E-state index in [4.69, 9.17) is 4.40 Å². The maximum Gasteiger partial charge on any atom is 0.0566 e. The molecular weight excluding hydrogens is 370 g/mol. The van der Waals surface area contributed by atoms with Crippen LogP contribution < -0.4 is 0 Å². The van der Waals surface area contributed by atoms with Crippen LogP contribution in [0.4, 0.5) is 0 Å². The molecule has 6 rings (SSSR count). The summed E-state index contributed by atoms with van der Waals surface area (Å²) in [5.41, 5.74) is 5.45. The van der Waals surface area contributed by atoms with Gasteiger partial charge in [0, 0.05) is 22.8 Å². The average molecular weight is 392 g/mol. The summed E-state index contributed by atoms with van der Waals surface area (Å²) in [4.78, 5) is 1.23. The number of benzene rings is 4. The van der Waals surface area contributed by atoms with Crippen molar-refractivity contribution in [3.05, 3.63) is 95.6 Å². The molecule has 140 valence electrons. The number of hydrogen-bond donors (Lipinski definition) is 0. The van der Waals surface area contributed by atoms with E-state index in [0.29, 0.717) is 5.92 Å². The fourth-order valence-corrected chi connectivity index (χ4v) is 5.68. The average Bonchev–Trinajstić information content (AvgIpc) is 3.01. The summed E-state index contributed by atoms with van der Waals surface area (Å²) in [7, 11) is 0. The first-order valence-corrected chi connectivity index (χ1v) is 11.1. The van der Waals surface area contributed by atoms with Crippen molar-refractivity contribution in [3.8, 4) is 0 Å². The monoisotopic (exact) mass is 391 g/mol. The summed E-state index contributed by atoms with van der Waals surface area (Å²) in [6.45, 7) is 0. The molecule has 0 N–H and O–H groups in total. The number of allylic oxidation sites excluding steroid dienone is 1. The molecule has 1 nitrogen and oxygen atoms in total. The summed E-state index contributed by atoms with van der Waals surface area (Å²) < 4.78 is 5.00. The highest BCUT2D eigenvalue weighted by Crippen LogP contribution is 2.41. The van der Waals surface area contributed by atoms with Gasteiger partial charge in [-0.05, 0) is 69.6 Å². The van der Waals surface area contributed by atoms with Crippen molar-refractivity contribution in [1.82, 2.24) is 0 Å². The standard InChI is InChI=1S/C27H21NS/c1-3-9-21-18(6-1)12-16-23-22(21)15-13-20-8-5-10-24(27(20)23)25-17-14-19-7-2-4-11-26(19)29-28-25/h1-4,6-7,9,11-17,24H,5,8,10H2. The Morgan fingerprint density at radius 1 is 0.759 bits per heavy atom. The van der Waals surface area contributed by atoms with Gasteiger partial charge in [0.05, 0.1) is 5.71 Å². The minimum atomic E-state index is 0.363. The molecule has 0 spiro atoms. The zero-order valence-corrected chi connectivity index (χ0v) is 17.0. The Morgan fingerprint density at radius 2 is 1.62 bits per heavy atom. The Bertz CT molecular complexity index is 1310. The van der Waals surface area contributed by atoms with Gasteiger partial charge >= 0.3 is 0 Å². The molecule has 4 aromatic carbocycles. The molecule has 0 aromatic heterocycles. The molecule has 0 saturated heterocycles. The molecule has 2 aliphatic rings. The number of rotatable bonds is 1. The Morgan fingerprint density at radius 3 is 2.62 bits per heavy atom. The summed E-state index contributed by atoms with van der Waals surface area (Å²) in [5.74, 6) is 0.363. The third kappa shape index (κ3) is 2.82. The van der Waals surface area contributed by atoms with Gasteiger partial charge in [0.15, 0.2) is 0 Å². The summed E-state index contributed by atoms with van der Waals surface area (Å²) in [5, 5.41) is 5.42. The van der Waals surface area contributed by atoms with E-state index in [1.807, 2.05) is 0 Å². The first-order valence-electron chi connectivity index (χ1n) is 10.3. The predicted molar refractivity (Wildman–Crippen MR) is 126 cm³/mol. The minimum Gasteiger partial charge on any atom is -0.215 e. The van der Waals surface area contributed by atoms with Crippen LogP contribution in [0.3, 0.4) is 0 Å². The van der Waals surface area contributed by atoms with E-state index in [1.165, 1.54) is 68.1 Å². The highest BCUT2D eigenvalue weighted by molar-refractivity contribution is 7.98. The van der Waals surface area contributed by atoms with E-state index < -0.39 is 0 Å². The highest BCUT2D eigenvalue weighted by atomic mass is 32.2. The number of hydrogen-bond acceptors (Lipinski definition) is 2. The van der Waals surface area contributed by atoms with Gasteiger partial charge in [0.1, 0.15) is 0 Å². The topological polar surface area (TPSA) is 12.4 Å². The zero-order valence-electron chi connectivity index (χ0n) is 16.1. The van der Waals surface area contributed by atoms with Crippen molar-refractivity contribution in [2.45, 2.75) is 30.1 Å². The van der Waals surface area contributed by atoms with Gasteiger partial charge in [-0.2, -0.15) is 0 Å². The molecule has 2 heteroatoms. The van der Waals surface area contributed by atoms with Gasteiger partial charge in [-0.1, -0.05) is 72.8 Å². The predicted octanol–water partition coefficient (Wildman–Crippen LogP) is 7.59. The van der Waals surface area contributed by atoms with Crippen molar-refractivity contribution in [2.75, 3.05) is 0 Å². The van der Waals surface area contributed by atoms with Gasteiger partial charge in [0.25, 0.3) is 0 Å². The molecular formula is C27H21NS. The fourth-order valence-electron chi connectivity index (χ4n) is 4.91. The van der Waals surface area contributed by atoms with Gasteiger partial charge < -0.3 is 0 Å². The summed E-state index contributed by atoms with van der Waals surface area (Å²) in [6.07, 6.45) is 8.04. The van der Waals surface area contributed by atoms with E-state index in [2.05, 4.69) is 84.9 Å². The molecule has 1 aliphatic heterocycles. The third-order valence-corrected chi connectivity index (χ3v) is 7.18. The van der Waals surface area contributed by atoms with Gasteiger partial charge in [-0.25, -0.2) is 4.40 Å². The Balaban J connectivity index is 1.54. The van der Waals surface area contributed by atoms with Gasteiger partial charge in [0.2, 0.25) is 0 Å². The third-order valence-electron chi connectivity index (χ3n) is 6.30. The molecule has 1 unspecified atom stereocenters. The first-order chi connectivity index (χ1) is 14.4. The second-order valence-corrected chi connectivity index (χ2v) is 8.75. The lowest BCUT2D eigenvalue weighted by molar-refractivity contribution is 0.656. The van der Waals surface area contributed by atoms with Gasteiger partial charge in [-0.15, -0.1) is 0 Å². The Kier molecular flexibility index (Phi) is 4.05. The second kappa shape index (κ2) is 6.89. The summed E-state index contributed by atoms with van der Waals surface area (Å²) >= 11 is 1.62. The number of fused-ring (bicyclic) bond motifs is 6. The normalized spacial score (nSPS) is 18.2. The molecule has 1 aliphatic carbocycles. The summed E-state index contributed by atoms with van der Waals surface area (Å²) in [6, 6.07) is 26.5. The zero-order chi connectivity index (χ0) is 19.2. The molecule has 1 atom stereocenters. The van der Waals surface area contributed by atoms with E-state index in [1.54, 1.807) is 11.9 Å². The second-order valence-electron chi connectivity index (χ2n) is 7.94. The number of aryl methyl sites for hydroxylation is 1. The lowest BCUT2D eigenvalue weighted by Gasteiger charge is -2.27. The highest BCUT2D eigenvalue weighted by Gasteiger charge is 2.27. The molecule has 0 amide bonds. The van der Waals surface area contributed by atoms with Crippen molar-refractivity contribution < 1.29 is 0 Å². The van der Waals surface area contributed by atoms with E-state index >= 15 is 0 Å². The Labute approximate surface area is 175 Å². The lowest BCUT2D eigenvalue weighted by atomic mass is 9.77. The largest absolute Gasteiger partial charge is 0.215 e. The van der Waals surface area contributed by atoms with Crippen LogP contribution in [0.5, 0.6) is 0 Å². The van der Waals surface area contributed by atoms with Crippen LogP contribution in [0.1, 0.15) is 35.4 Å². The van der Waals surface area contributed by atoms with Gasteiger partial charge in [-0.3, -0.25) is 0 Å². The maximum atomic E-state index is 5.00. The lowest BCUT2D eigenvalue weighted by Crippen LogP contribution is -2.17. The van der Waals surface area contributed by atoms with Crippen molar-refractivity contribution in [1.29, 1.82) is 0 Å². The van der Waals surface area contributed by atoms with Crippen LogP contribution in [0.15, 0.2) is 88.2 Å². The maximum absolute atomic E-state index is 5.00. The Hall–Kier alpha value is -2.84. The van der Waals surface area contributed by atoms with E-state index in [0.717, 1.165) is 0 Å². The van der Waals surface area contributed by atoms with E-state index in [-0.39, 0.29) is 0 Å². The molecule has 0 saturated carbocycles. The molecule has 0 fully saturated rings. The molecule has 29 heavy (non-hydrogen) atoms. The molecule has 1 heterocycles. The molecule has 0 bridgehead atoms. The fraction of sp³-hybridized carbons (Fsp3) is 0.148. The van der Waals surface area contributed by atoms with Crippen LogP contribution in [0.25, 0.3) is 27.6 Å². The van der Waals surface area contributed by atoms with Crippen LogP contribution in [-0.2, 0) is 6.42 Å². The smallest absolute Gasteiger partial charge is 0.0566 e. The van der Waals surface area contributed by atoms with Crippen molar-refractivity contribution in [2.24, 2.45) is 4.40 Å². The van der Waals surface area contributed by atoms with Crippen LogP contribution in [0.2, 0.25) is 0 Å². The van der Waals surface area contributed by atoms with Crippen molar-refractivity contribution in [3.63, 3.8) is 0 Å². The SMILES string of the molecule is C1=Cc2ccccc2SN=C1C1CCCc2ccc3c(ccc4ccccc43)c21. The van der Waals surface area contributed by atoms with Crippen LogP contribution in [0, 0.1) is 0 Å². The van der Waals surface area contributed by atoms with Crippen molar-refractivity contribution >= 4 is 45.3 Å². The first kappa shape index (κ1) is 17.1. The quantitative estimate of drug-likeness (QED) is 0.240. The molecule has 4 aromatic rings.